The highest BCUT2D eigenvalue weighted by molar-refractivity contribution is 7.09. The number of aryl methyl sites for hydroxylation is 1. The van der Waals surface area contributed by atoms with Gasteiger partial charge in [0.1, 0.15) is 5.01 Å². The summed E-state index contributed by atoms with van der Waals surface area (Å²) in [7, 11) is 0. The van der Waals surface area contributed by atoms with Crippen LogP contribution in [0.15, 0.2) is 29.6 Å². The standard InChI is InChI=1S/C16H20N2S/c1-3-8-17-16(15-18-12(2)11-19-15)9-13-6-4-5-7-14(13)10-16/h4-7,11,17H,3,8-10H2,1-2H3. The van der Waals surface area contributed by atoms with E-state index in [0.29, 0.717) is 0 Å². The van der Waals surface area contributed by atoms with Gasteiger partial charge < -0.3 is 5.32 Å². The van der Waals surface area contributed by atoms with Gasteiger partial charge in [0.25, 0.3) is 0 Å². The van der Waals surface area contributed by atoms with Gasteiger partial charge in [-0.3, -0.25) is 0 Å². The summed E-state index contributed by atoms with van der Waals surface area (Å²) in [5, 5.41) is 7.17. The molecule has 0 bridgehead atoms. The molecule has 0 radical (unpaired) electrons. The number of nitrogens with one attached hydrogen (secondary N) is 1. The van der Waals surface area contributed by atoms with Gasteiger partial charge in [-0.15, -0.1) is 11.3 Å². The van der Waals surface area contributed by atoms with Crippen molar-refractivity contribution < 1.29 is 0 Å². The van der Waals surface area contributed by atoms with Gasteiger partial charge >= 0.3 is 0 Å². The maximum Gasteiger partial charge on any atom is 0.114 e. The molecule has 0 fully saturated rings. The highest BCUT2D eigenvalue weighted by Crippen LogP contribution is 2.39. The Hall–Kier alpha value is -1.19. The molecule has 1 aliphatic carbocycles. The number of aromatic nitrogens is 1. The minimum Gasteiger partial charge on any atom is -0.305 e. The van der Waals surface area contributed by atoms with E-state index in [4.69, 9.17) is 4.98 Å². The van der Waals surface area contributed by atoms with Crippen molar-refractivity contribution in [3.8, 4) is 0 Å². The molecule has 0 amide bonds. The van der Waals surface area contributed by atoms with Gasteiger partial charge in [-0.05, 0) is 43.9 Å². The third-order valence-corrected chi connectivity index (χ3v) is 5.01. The average molecular weight is 272 g/mol. The van der Waals surface area contributed by atoms with Crippen molar-refractivity contribution in [2.75, 3.05) is 6.54 Å². The number of thiazole rings is 1. The summed E-state index contributed by atoms with van der Waals surface area (Å²) >= 11 is 1.79. The maximum atomic E-state index is 4.76. The van der Waals surface area contributed by atoms with Gasteiger partial charge in [-0.2, -0.15) is 0 Å². The van der Waals surface area contributed by atoms with Crippen LogP contribution in [-0.4, -0.2) is 11.5 Å². The smallest absolute Gasteiger partial charge is 0.114 e. The maximum absolute atomic E-state index is 4.76. The Balaban J connectivity index is 1.96. The summed E-state index contributed by atoms with van der Waals surface area (Å²) in [6.45, 7) is 5.35. The Bertz CT molecular complexity index is 549. The Morgan fingerprint density at radius 3 is 2.47 bits per heavy atom. The molecule has 19 heavy (non-hydrogen) atoms. The molecular formula is C16H20N2S. The average Bonchev–Trinajstić information content (AvgIpc) is 3.00. The van der Waals surface area contributed by atoms with Gasteiger partial charge in [-0.1, -0.05) is 31.2 Å². The zero-order chi connectivity index (χ0) is 13.3. The molecule has 3 heteroatoms. The zero-order valence-corrected chi connectivity index (χ0v) is 12.4. The Morgan fingerprint density at radius 2 is 1.95 bits per heavy atom. The van der Waals surface area contributed by atoms with Gasteiger partial charge in [0.15, 0.2) is 0 Å². The second kappa shape index (κ2) is 5.06. The lowest BCUT2D eigenvalue weighted by atomic mass is 9.96. The van der Waals surface area contributed by atoms with Gasteiger partial charge in [0.2, 0.25) is 0 Å². The first kappa shape index (κ1) is 12.8. The quantitative estimate of drug-likeness (QED) is 0.922. The topological polar surface area (TPSA) is 24.9 Å². The predicted molar refractivity (Wildman–Crippen MR) is 80.7 cm³/mol. The van der Waals surface area contributed by atoms with E-state index in [1.807, 2.05) is 0 Å². The fourth-order valence-electron chi connectivity index (χ4n) is 2.91. The molecule has 0 saturated carbocycles. The molecule has 1 N–H and O–H groups in total. The van der Waals surface area contributed by atoms with Gasteiger partial charge in [0.05, 0.1) is 5.54 Å². The molecule has 1 heterocycles. The van der Waals surface area contributed by atoms with Gasteiger partial charge in [-0.25, -0.2) is 4.98 Å². The summed E-state index contributed by atoms with van der Waals surface area (Å²) < 4.78 is 0. The summed E-state index contributed by atoms with van der Waals surface area (Å²) in [5.41, 5.74) is 4.10. The van der Waals surface area contributed by atoms with E-state index < -0.39 is 0 Å². The molecule has 0 unspecified atom stereocenters. The molecular weight excluding hydrogens is 252 g/mol. The third kappa shape index (κ3) is 2.33. The lowest BCUT2D eigenvalue weighted by molar-refractivity contribution is 0.348. The van der Waals surface area contributed by atoms with Crippen LogP contribution in [0.1, 0.15) is 35.2 Å². The van der Waals surface area contributed by atoms with Crippen molar-refractivity contribution in [3.05, 3.63) is 51.5 Å². The largest absolute Gasteiger partial charge is 0.305 e. The lowest BCUT2D eigenvalue weighted by Gasteiger charge is -2.28. The van der Waals surface area contributed by atoms with E-state index in [0.717, 1.165) is 31.5 Å². The summed E-state index contributed by atoms with van der Waals surface area (Å²) in [4.78, 5) is 4.76. The zero-order valence-electron chi connectivity index (χ0n) is 11.6. The number of fused-ring (bicyclic) bond motifs is 1. The van der Waals surface area contributed by atoms with Crippen LogP contribution >= 0.6 is 11.3 Å². The lowest BCUT2D eigenvalue weighted by Crippen LogP contribution is -2.43. The number of hydrogen-bond acceptors (Lipinski definition) is 3. The van der Waals surface area contributed by atoms with Crippen molar-refractivity contribution in [2.45, 2.75) is 38.6 Å². The minimum atomic E-state index is 0.0264. The fourth-order valence-corrected chi connectivity index (χ4v) is 3.88. The van der Waals surface area contributed by atoms with Crippen LogP contribution in [0.2, 0.25) is 0 Å². The molecule has 1 aromatic carbocycles. The van der Waals surface area contributed by atoms with Crippen molar-refractivity contribution in [3.63, 3.8) is 0 Å². The molecule has 0 aliphatic heterocycles. The van der Waals surface area contributed by atoms with Crippen LogP contribution in [-0.2, 0) is 18.4 Å². The first-order valence-corrected chi connectivity index (χ1v) is 7.86. The second-order valence-electron chi connectivity index (χ2n) is 5.43. The summed E-state index contributed by atoms with van der Waals surface area (Å²) in [6, 6.07) is 8.79. The Morgan fingerprint density at radius 1 is 1.26 bits per heavy atom. The molecule has 1 aliphatic rings. The van der Waals surface area contributed by atoms with Crippen molar-refractivity contribution in [2.24, 2.45) is 0 Å². The van der Waals surface area contributed by atoms with Crippen molar-refractivity contribution >= 4 is 11.3 Å². The third-order valence-electron chi connectivity index (χ3n) is 3.84. The predicted octanol–water partition coefficient (Wildman–Crippen LogP) is 3.45. The van der Waals surface area contributed by atoms with Crippen molar-refractivity contribution in [1.29, 1.82) is 0 Å². The normalized spacial score (nSPS) is 16.5. The molecule has 1 aromatic heterocycles. The van der Waals surface area contributed by atoms with Crippen LogP contribution in [0.25, 0.3) is 0 Å². The molecule has 100 valence electrons. The molecule has 0 spiro atoms. The number of rotatable bonds is 4. The molecule has 2 aromatic rings. The SMILES string of the molecule is CCCNC1(c2nc(C)cs2)Cc2ccccc2C1. The number of benzene rings is 1. The van der Waals surface area contributed by atoms with Crippen LogP contribution in [0, 0.1) is 6.92 Å². The second-order valence-corrected chi connectivity index (χ2v) is 6.28. The fraction of sp³-hybridized carbons (Fsp3) is 0.438. The van der Waals surface area contributed by atoms with E-state index >= 15 is 0 Å². The van der Waals surface area contributed by atoms with Gasteiger partial charge in [0, 0.05) is 11.1 Å². The molecule has 0 atom stereocenters. The highest BCUT2D eigenvalue weighted by Gasteiger charge is 2.40. The number of hydrogen-bond donors (Lipinski definition) is 1. The van der Waals surface area contributed by atoms with E-state index in [1.165, 1.54) is 16.1 Å². The number of nitrogens with zero attached hydrogens (tertiary/aromatic N) is 1. The molecule has 3 rings (SSSR count). The van der Waals surface area contributed by atoms with Crippen LogP contribution in [0.4, 0.5) is 0 Å². The van der Waals surface area contributed by atoms with E-state index in [2.05, 4.69) is 48.8 Å². The van der Waals surface area contributed by atoms with Crippen molar-refractivity contribution in [1.82, 2.24) is 10.3 Å². The first-order chi connectivity index (χ1) is 9.23. The summed E-state index contributed by atoms with van der Waals surface area (Å²) in [5.74, 6) is 0. The molecule has 0 saturated heterocycles. The molecule has 2 nitrogen and oxygen atoms in total. The van der Waals surface area contributed by atoms with Crippen LogP contribution in [0.3, 0.4) is 0 Å². The summed E-state index contributed by atoms with van der Waals surface area (Å²) in [6.07, 6.45) is 3.29. The van der Waals surface area contributed by atoms with E-state index in [1.54, 1.807) is 11.3 Å². The Labute approximate surface area is 118 Å². The minimum absolute atomic E-state index is 0.0264. The highest BCUT2D eigenvalue weighted by atomic mass is 32.1. The Kier molecular flexibility index (Phi) is 3.42. The van der Waals surface area contributed by atoms with Crippen LogP contribution < -0.4 is 5.32 Å². The monoisotopic (exact) mass is 272 g/mol. The van der Waals surface area contributed by atoms with E-state index in [9.17, 15) is 0 Å². The first-order valence-electron chi connectivity index (χ1n) is 6.98. The van der Waals surface area contributed by atoms with Crippen LogP contribution in [0.5, 0.6) is 0 Å². The van der Waals surface area contributed by atoms with E-state index in [-0.39, 0.29) is 5.54 Å².